The first kappa shape index (κ1) is 20.3. The fraction of sp³-hybridized carbons (Fsp3) is 0.227. The maximum Gasteiger partial charge on any atom is 0.287 e. The van der Waals surface area contributed by atoms with E-state index in [2.05, 4.69) is 5.32 Å². The molecule has 0 saturated carbocycles. The Morgan fingerprint density at radius 1 is 1.03 bits per heavy atom. The second-order valence-electron chi connectivity index (χ2n) is 6.32. The van der Waals surface area contributed by atoms with Gasteiger partial charge in [-0.2, -0.15) is 0 Å². The van der Waals surface area contributed by atoms with Crippen LogP contribution >= 0.6 is 0 Å². The molecule has 0 spiro atoms. The van der Waals surface area contributed by atoms with Crippen LogP contribution in [0.4, 0.5) is 4.39 Å². The van der Waals surface area contributed by atoms with Crippen LogP contribution in [-0.4, -0.2) is 20.1 Å². The van der Waals surface area contributed by atoms with Gasteiger partial charge in [0, 0.05) is 0 Å². The second-order valence-corrected chi connectivity index (χ2v) is 6.32. The zero-order valence-corrected chi connectivity index (χ0v) is 16.4. The molecule has 1 aromatic heterocycles. The number of furan rings is 1. The maximum absolute atomic E-state index is 12.9. The Kier molecular flexibility index (Phi) is 6.39. The molecule has 1 N–H and O–H groups in total. The minimum absolute atomic E-state index is 0.129. The molecule has 1 heterocycles. The van der Waals surface area contributed by atoms with E-state index in [1.54, 1.807) is 32.4 Å². The van der Waals surface area contributed by atoms with Crippen molar-refractivity contribution >= 4 is 5.91 Å². The van der Waals surface area contributed by atoms with Crippen molar-refractivity contribution in [3.63, 3.8) is 0 Å². The van der Waals surface area contributed by atoms with Crippen LogP contribution < -0.4 is 19.5 Å². The molecule has 6 nitrogen and oxygen atoms in total. The average Bonchev–Trinajstić information content (AvgIpc) is 3.22. The molecule has 0 aliphatic carbocycles. The molecule has 2 aromatic carbocycles. The SMILES string of the molecule is COc1ccc(C(C)NC(=O)c2ccc(COc3ccc(F)cc3)o2)cc1OC. The number of hydrogen-bond acceptors (Lipinski definition) is 5. The minimum Gasteiger partial charge on any atom is -0.493 e. The van der Waals surface area contributed by atoms with Crippen molar-refractivity contribution in [1.82, 2.24) is 5.32 Å². The summed E-state index contributed by atoms with van der Waals surface area (Å²) in [6, 6.07) is 14.1. The van der Waals surface area contributed by atoms with E-state index >= 15 is 0 Å². The Balaban J connectivity index is 1.60. The van der Waals surface area contributed by atoms with Crippen molar-refractivity contribution in [3.8, 4) is 17.2 Å². The van der Waals surface area contributed by atoms with Gasteiger partial charge in [-0.15, -0.1) is 0 Å². The Morgan fingerprint density at radius 3 is 2.45 bits per heavy atom. The molecule has 0 aliphatic heterocycles. The molecule has 0 fully saturated rings. The second kappa shape index (κ2) is 9.14. The molecule has 7 heteroatoms. The number of carbonyl (C=O) groups excluding carboxylic acids is 1. The van der Waals surface area contributed by atoms with E-state index in [0.29, 0.717) is 23.0 Å². The molecule has 0 radical (unpaired) electrons. The van der Waals surface area contributed by atoms with Crippen molar-refractivity contribution in [3.05, 3.63) is 77.5 Å². The lowest BCUT2D eigenvalue weighted by molar-refractivity contribution is 0.0907. The van der Waals surface area contributed by atoms with Crippen LogP contribution in [0, 0.1) is 5.82 Å². The van der Waals surface area contributed by atoms with E-state index in [4.69, 9.17) is 18.6 Å². The van der Waals surface area contributed by atoms with Gasteiger partial charge in [0.1, 0.15) is 23.9 Å². The van der Waals surface area contributed by atoms with Gasteiger partial charge in [-0.05, 0) is 61.0 Å². The molecule has 1 amide bonds. The average molecular weight is 399 g/mol. The quantitative estimate of drug-likeness (QED) is 0.604. The summed E-state index contributed by atoms with van der Waals surface area (Å²) in [6.07, 6.45) is 0. The van der Waals surface area contributed by atoms with Crippen LogP contribution in [0.25, 0.3) is 0 Å². The Labute approximate surface area is 168 Å². The normalized spacial score (nSPS) is 11.6. The zero-order chi connectivity index (χ0) is 20.8. The first-order valence-electron chi connectivity index (χ1n) is 9.00. The summed E-state index contributed by atoms with van der Waals surface area (Å²) < 4.78 is 34.5. The van der Waals surface area contributed by atoms with Gasteiger partial charge in [-0.1, -0.05) is 6.07 Å². The number of methoxy groups -OCH3 is 2. The van der Waals surface area contributed by atoms with Crippen molar-refractivity contribution in [2.24, 2.45) is 0 Å². The third-order valence-corrected chi connectivity index (χ3v) is 4.34. The summed E-state index contributed by atoms with van der Waals surface area (Å²) in [6.45, 7) is 1.99. The van der Waals surface area contributed by atoms with Gasteiger partial charge < -0.3 is 23.9 Å². The van der Waals surface area contributed by atoms with E-state index in [1.807, 2.05) is 19.1 Å². The third kappa shape index (κ3) is 5.07. The van der Waals surface area contributed by atoms with Gasteiger partial charge in [0.05, 0.1) is 20.3 Å². The van der Waals surface area contributed by atoms with E-state index in [1.165, 1.54) is 24.3 Å². The number of hydrogen-bond donors (Lipinski definition) is 1. The van der Waals surface area contributed by atoms with Crippen LogP contribution in [0.3, 0.4) is 0 Å². The molecular weight excluding hydrogens is 377 g/mol. The third-order valence-electron chi connectivity index (χ3n) is 4.34. The summed E-state index contributed by atoms with van der Waals surface area (Å²) in [7, 11) is 3.13. The summed E-state index contributed by atoms with van der Waals surface area (Å²) in [5.41, 5.74) is 0.863. The topological polar surface area (TPSA) is 69.9 Å². The predicted molar refractivity (Wildman–Crippen MR) is 105 cm³/mol. The maximum atomic E-state index is 12.9. The van der Waals surface area contributed by atoms with Gasteiger partial charge in [-0.25, -0.2) is 4.39 Å². The number of carbonyl (C=O) groups is 1. The minimum atomic E-state index is -0.347. The van der Waals surface area contributed by atoms with Crippen molar-refractivity contribution in [2.45, 2.75) is 19.6 Å². The lowest BCUT2D eigenvalue weighted by Crippen LogP contribution is -2.26. The molecule has 152 valence electrons. The lowest BCUT2D eigenvalue weighted by Gasteiger charge is -2.16. The molecule has 1 unspecified atom stereocenters. The van der Waals surface area contributed by atoms with Gasteiger partial charge in [0.25, 0.3) is 5.91 Å². The number of ether oxygens (including phenoxy) is 3. The van der Waals surface area contributed by atoms with E-state index in [-0.39, 0.29) is 30.1 Å². The summed E-state index contributed by atoms with van der Waals surface area (Å²) >= 11 is 0. The highest BCUT2D eigenvalue weighted by molar-refractivity contribution is 5.91. The van der Waals surface area contributed by atoms with E-state index < -0.39 is 0 Å². The van der Waals surface area contributed by atoms with Crippen molar-refractivity contribution in [2.75, 3.05) is 14.2 Å². The number of benzene rings is 2. The summed E-state index contributed by atoms with van der Waals surface area (Å²) in [4.78, 5) is 12.5. The molecule has 29 heavy (non-hydrogen) atoms. The summed E-state index contributed by atoms with van der Waals surface area (Å²) in [5, 5.41) is 2.88. The van der Waals surface area contributed by atoms with Crippen molar-refractivity contribution < 1.29 is 27.8 Å². The predicted octanol–water partition coefficient (Wildman–Crippen LogP) is 4.51. The monoisotopic (exact) mass is 399 g/mol. The van der Waals surface area contributed by atoms with Crippen LogP contribution in [-0.2, 0) is 6.61 Å². The smallest absolute Gasteiger partial charge is 0.287 e. The number of halogens is 1. The largest absolute Gasteiger partial charge is 0.493 e. The highest BCUT2D eigenvalue weighted by Gasteiger charge is 2.17. The Morgan fingerprint density at radius 2 is 1.76 bits per heavy atom. The fourth-order valence-electron chi connectivity index (χ4n) is 2.74. The van der Waals surface area contributed by atoms with E-state index in [9.17, 15) is 9.18 Å². The standard InChI is InChI=1S/C22H22FNO5/c1-14(15-4-10-19(26-2)21(12-15)27-3)24-22(25)20-11-9-18(29-20)13-28-17-7-5-16(23)6-8-17/h4-12,14H,13H2,1-3H3,(H,24,25). The molecule has 1 atom stereocenters. The van der Waals surface area contributed by atoms with Crippen LogP contribution in [0.15, 0.2) is 59.0 Å². The molecule has 0 bridgehead atoms. The number of amides is 1. The van der Waals surface area contributed by atoms with Gasteiger partial charge in [-0.3, -0.25) is 4.79 Å². The number of rotatable bonds is 8. The fourth-order valence-corrected chi connectivity index (χ4v) is 2.74. The van der Waals surface area contributed by atoms with Crippen LogP contribution in [0.2, 0.25) is 0 Å². The van der Waals surface area contributed by atoms with Gasteiger partial charge in [0.15, 0.2) is 17.3 Å². The highest BCUT2D eigenvalue weighted by Crippen LogP contribution is 2.30. The first-order chi connectivity index (χ1) is 14.0. The highest BCUT2D eigenvalue weighted by atomic mass is 19.1. The Bertz CT molecular complexity index is 968. The molecule has 0 saturated heterocycles. The van der Waals surface area contributed by atoms with Crippen LogP contribution in [0.5, 0.6) is 17.2 Å². The number of nitrogens with one attached hydrogen (secondary N) is 1. The van der Waals surface area contributed by atoms with Gasteiger partial charge >= 0.3 is 0 Å². The Hall–Kier alpha value is -3.48. The molecule has 3 aromatic rings. The van der Waals surface area contributed by atoms with Crippen LogP contribution in [0.1, 0.15) is 34.8 Å². The first-order valence-corrected chi connectivity index (χ1v) is 9.00. The zero-order valence-electron chi connectivity index (χ0n) is 16.4. The molecule has 3 rings (SSSR count). The lowest BCUT2D eigenvalue weighted by atomic mass is 10.1. The molecular formula is C22H22FNO5. The van der Waals surface area contributed by atoms with E-state index in [0.717, 1.165) is 5.56 Å². The summed E-state index contributed by atoms with van der Waals surface area (Å²) in [5.74, 6) is 1.69. The van der Waals surface area contributed by atoms with Gasteiger partial charge in [0.2, 0.25) is 0 Å². The van der Waals surface area contributed by atoms with Crippen molar-refractivity contribution in [1.29, 1.82) is 0 Å². The molecule has 0 aliphatic rings.